The molecule has 4 nitrogen and oxygen atoms in total. The molecular weight excluding hydrogens is 266 g/mol. The van der Waals surface area contributed by atoms with Crippen molar-refractivity contribution in [2.24, 2.45) is 5.41 Å². The molecule has 0 aliphatic carbocycles. The standard InChI is InChI=1S/C17H25NO3/c1-5-6-10-15(20)17(3,4)11-21-14-9-7-8-13(18)16(14)12(2)19/h7-9H,5-6,10-11,18H2,1-4H3. The summed E-state index contributed by atoms with van der Waals surface area (Å²) in [6, 6.07) is 5.11. The number of carbonyl (C=O) groups is 2. The number of ketones is 2. The molecule has 0 saturated carbocycles. The van der Waals surface area contributed by atoms with Crippen LogP contribution in [0.5, 0.6) is 5.75 Å². The maximum atomic E-state index is 12.2. The smallest absolute Gasteiger partial charge is 0.165 e. The van der Waals surface area contributed by atoms with Crippen molar-refractivity contribution >= 4 is 17.3 Å². The molecule has 116 valence electrons. The Morgan fingerprint density at radius 1 is 1.29 bits per heavy atom. The predicted octanol–water partition coefficient (Wildman–Crippen LogP) is 3.64. The third-order valence-electron chi connectivity index (χ3n) is 3.51. The van der Waals surface area contributed by atoms with E-state index in [1.165, 1.54) is 6.92 Å². The van der Waals surface area contributed by atoms with Gasteiger partial charge in [-0.2, -0.15) is 0 Å². The molecule has 4 heteroatoms. The highest BCUT2D eigenvalue weighted by Crippen LogP contribution is 2.28. The Morgan fingerprint density at radius 2 is 1.95 bits per heavy atom. The lowest BCUT2D eigenvalue weighted by Crippen LogP contribution is -2.31. The molecular formula is C17H25NO3. The van der Waals surface area contributed by atoms with E-state index in [4.69, 9.17) is 10.5 Å². The SMILES string of the molecule is CCCCC(=O)C(C)(C)COc1cccc(N)c1C(C)=O. The third-order valence-corrected chi connectivity index (χ3v) is 3.51. The summed E-state index contributed by atoms with van der Waals surface area (Å²) in [6.07, 6.45) is 2.44. The molecule has 0 aromatic heterocycles. The second kappa shape index (κ2) is 7.25. The van der Waals surface area contributed by atoms with Crippen LogP contribution in [-0.2, 0) is 4.79 Å². The average molecular weight is 291 g/mol. The lowest BCUT2D eigenvalue weighted by molar-refractivity contribution is -0.128. The van der Waals surface area contributed by atoms with E-state index >= 15 is 0 Å². The van der Waals surface area contributed by atoms with Crippen molar-refractivity contribution in [2.45, 2.75) is 47.0 Å². The third kappa shape index (κ3) is 4.59. The fraction of sp³-hybridized carbons (Fsp3) is 0.529. The average Bonchev–Trinajstić information content (AvgIpc) is 2.42. The van der Waals surface area contributed by atoms with E-state index in [1.54, 1.807) is 18.2 Å². The molecule has 0 bridgehead atoms. The van der Waals surface area contributed by atoms with Crippen LogP contribution in [0.2, 0.25) is 0 Å². The first-order valence-electron chi connectivity index (χ1n) is 7.35. The number of anilines is 1. The number of hydrogen-bond acceptors (Lipinski definition) is 4. The number of carbonyl (C=O) groups excluding carboxylic acids is 2. The lowest BCUT2D eigenvalue weighted by atomic mass is 9.86. The van der Waals surface area contributed by atoms with Gasteiger partial charge in [0, 0.05) is 12.1 Å². The number of benzene rings is 1. The van der Waals surface area contributed by atoms with E-state index < -0.39 is 5.41 Å². The van der Waals surface area contributed by atoms with E-state index in [1.807, 2.05) is 13.8 Å². The summed E-state index contributed by atoms with van der Waals surface area (Å²) < 4.78 is 5.72. The van der Waals surface area contributed by atoms with E-state index in [9.17, 15) is 9.59 Å². The van der Waals surface area contributed by atoms with E-state index in [0.29, 0.717) is 23.4 Å². The minimum atomic E-state index is -0.576. The Balaban J connectivity index is 2.81. The Bertz CT molecular complexity index is 521. The summed E-state index contributed by atoms with van der Waals surface area (Å²) in [5.41, 5.74) is 6.03. The zero-order chi connectivity index (χ0) is 16.0. The van der Waals surface area contributed by atoms with Crippen LogP contribution in [0, 0.1) is 5.41 Å². The molecule has 0 saturated heterocycles. The van der Waals surface area contributed by atoms with Crippen LogP contribution in [0.4, 0.5) is 5.69 Å². The fourth-order valence-corrected chi connectivity index (χ4v) is 2.06. The van der Waals surface area contributed by atoms with E-state index in [0.717, 1.165) is 12.8 Å². The van der Waals surface area contributed by atoms with Crippen molar-refractivity contribution in [3.8, 4) is 5.75 Å². The maximum Gasteiger partial charge on any atom is 0.165 e. The second-order valence-electron chi connectivity index (χ2n) is 5.98. The molecule has 1 aromatic carbocycles. The first-order valence-corrected chi connectivity index (χ1v) is 7.35. The minimum absolute atomic E-state index is 0.141. The van der Waals surface area contributed by atoms with Crippen LogP contribution in [0.15, 0.2) is 18.2 Å². The van der Waals surface area contributed by atoms with Crippen LogP contribution < -0.4 is 10.5 Å². The molecule has 1 rings (SSSR count). The first-order chi connectivity index (χ1) is 9.79. The van der Waals surface area contributed by atoms with Crippen LogP contribution in [0.3, 0.4) is 0 Å². The molecule has 0 fully saturated rings. The van der Waals surface area contributed by atoms with Gasteiger partial charge in [0.1, 0.15) is 18.1 Å². The summed E-state index contributed by atoms with van der Waals surface area (Å²) in [4.78, 5) is 23.8. The first kappa shape index (κ1) is 17.2. The Hall–Kier alpha value is -1.84. The van der Waals surface area contributed by atoms with Gasteiger partial charge < -0.3 is 10.5 Å². The summed E-state index contributed by atoms with van der Waals surface area (Å²) >= 11 is 0. The van der Waals surface area contributed by atoms with Gasteiger partial charge in [0.15, 0.2) is 5.78 Å². The predicted molar refractivity (Wildman–Crippen MR) is 84.7 cm³/mol. The highest BCUT2D eigenvalue weighted by Gasteiger charge is 2.28. The summed E-state index contributed by atoms with van der Waals surface area (Å²) in [5.74, 6) is 0.481. The quantitative estimate of drug-likeness (QED) is 0.586. The molecule has 0 spiro atoms. The molecule has 0 heterocycles. The highest BCUT2D eigenvalue weighted by molar-refractivity contribution is 6.01. The monoisotopic (exact) mass is 291 g/mol. The molecule has 0 atom stereocenters. The fourth-order valence-electron chi connectivity index (χ4n) is 2.06. The summed E-state index contributed by atoms with van der Waals surface area (Å²) in [5, 5.41) is 0. The van der Waals surface area contributed by atoms with Crippen LogP contribution in [-0.4, -0.2) is 18.2 Å². The molecule has 0 aliphatic rings. The molecule has 0 amide bonds. The van der Waals surface area contributed by atoms with Gasteiger partial charge in [-0.05, 0) is 39.3 Å². The number of nitrogen functional groups attached to an aromatic ring is 1. The molecule has 2 N–H and O–H groups in total. The van der Waals surface area contributed by atoms with Crippen molar-refractivity contribution in [1.82, 2.24) is 0 Å². The van der Waals surface area contributed by atoms with Crippen LogP contribution in [0.1, 0.15) is 57.3 Å². The summed E-state index contributed by atoms with van der Waals surface area (Å²) in [6.45, 7) is 7.48. The second-order valence-corrected chi connectivity index (χ2v) is 5.98. The van der Waals surface area contributed by atoms with Gasteiger partial charge in [-0.3, -0.25) is 9.59 Å². The van der Waals surface area contributed by atoms with Gasteiger partial charge in [0.25, 0.3) is 0 Å². The molecule has 21 heavy (non-hydrogen) atoms. The Labute approximate surface area is 126 Å². The number of Topliss-reactive ketones (excluding diaryl/α,β-unsaturated/α-hetero) is 2. The van der Waals surface area contributed by atoms with Crippen molar-refractivity contribution in [3.63, 3.8) is 0 Å². The topological polar surface area (TPSA) is 69.4 Å². The van der Waals surface area contributed by atoms with E-state index in [2.05, 4.69) is 6.92 Å². The van der Waals surface area contributed by atoms with Gasteiger partial charge in [-0.1, -0.05) is 19.4 Å². The maximum absolute atomic E-state index is 12.2. The van der Waals surface area contributed by atoms with Gasteiger partial charge >= 0.3 is 0 Å². The molecule has 1 aromatic rings. The minimum Gasteiger partial charge on any atom is -0.492 e. The van der Waals surface area contributed by atoms with Crippen LogP contribution in [0.25, 0.3) is 0 Å². The zero-order valence-corrected chi connectivity index (χ0v) is 13.4. The normalized spacial score (nSPS) is 11.2. The number of unbranched alkanes of at least 4 members (excludes halogenated alkanes) is 1. The molecule has 0 unspecified atom stereocenters. The van der Waals surface area contributed by atoms with Gasteiger partial charge in [0.05, 0.1) is 11.0 Å². The summed E-state index contributed by atoms with van der Waals surface area (Å²) in [7, 11) is 0. The number of rotatable bonds is 8. The number of nitrogens with two attached hydrogens (primary N) is 1. The van der Waals surface area contributed by atoms with Gasteiger partial charge in [-0.15, -0.1) is 0 Å². The number of ether oxygens (including phenoxy) is 1. The molecule has 0 aliphatic heterocycles. The Kier molecular flexibility index (Phi) is 5.94. The van der Waals surface area contributed by atoms with Crippen LogP contribution >= 0.6 is 0 Å². The van der Waals surface area contributed by atoms with Crippen molar-refractivity contribution in [1.29, 1.82) is 0 Å². The zero-order valence-electron chi connectivity index (χ0n) is 13.4. The Morgan fingerprint density at radius 3 is 2.52 bits per heavy atom. The van der Waals surface area contributed by atoms with E-state index in [-0.39, 0.29) is 18.2 Å². The largest absolute Gasteiger partial charge is 0.492 e. The molecule has 0 radical (unpaired) electrons. The van der Waals surface area contributed by atoms with Crippen molar-refractivity contribution in [2.75, 3.05) is 12.3 Å². The number of hydrogen-bond donors (Lipinski definition) is 1. The highest BCUT2D eigenvalue weighted by atomic mass is 16.5. The van der Waals surface area contributed by atoms with Gasteiger partial charge in [-0.25, -0.2) is 0 Å². The van der Waals surface area contributed by atoms with Crippen molar-refractivity contribution in [3.05, 3.63) is 23.8 Å². The lowest BCUT2D eigenvalue weighted by Gasteiger charge is -2.24. The van der Waals surface area contributed by atoms with Gasteiger partial charge in [0.2, 0.25) is 0 Å². The van der Waals surface area contributed by atoms with Crippen molar-refractivity contribution < 1.29 is 14.3 Å².